The second kappa shape index (κ2) is 8.34. The van der Waals surface area contributed by atoms with Gasteiger partial charge in [0.05, 0.1) is 37.3 Å². The zero-order valence-electron chi connectivity index (χ0n) is 14.6. The average Bonchev–Trinajstić information content (AvgIpc) is 3.15. The van der Waals surface area contributed by atoms with E-state index in [-0.39, 0.29) is 17.0 Å². The number of nitrogens with one attached hydrogen (secondary N) is 1. The molecule has 1 aromatic heterocycles. The van der Waals surface area contributed by atoms with Crippen LogP contribution in [-0.2, 0) is 26.0 Å². The van der Waals surface area contributed by atoms with Crippen LogP contribution in [0.15, 0.2) is 64.2 Å². The number of rotatable bonds is 6. The number of carbonyl (C=O) groups is 1. The smallest absolute Gasteiger partial charge is 0.310 e. The number of ether oxygens (including phenoxy) is 1. The maximum absolute atomic E-state index is 12.8. The van der Waals surface area contributed by atoms with E-state index in [4.69, 9.17) is 11.6 Å². The first-order valence-corrected chi connectivity index (χ1v) is 10.6. The largest absolute Gasteiger partial charge is 0.469 e. The van der Waals surface area contributed by atoms with E-state index >= 15 is 0 Å². The third-order valence-corrected chi connectivity index (χ3v) is 5.90. The lowest BCUT2D eigenvalue weighted by atomic mass is 10.1. The summed E-state index contributed by atoms with van der Waals surface area (Å²) in [5.74, 6) is -0.478. The van der Waals surface area contributed by atoms with Crippen LogP contribution in [0.2, 0.25) is 5.02 Å². The molecule has 0 aliphatic rings. The highest BCUT2D eigenvalue weighted by molar-refractivity contribution is 9.10. The van der Waals surface area contributed by atoms with Gasteiger partial charge in [-0.05, 0) is 48.0 Å². The molecule has 0 aliphatic heterocycles. The number of methoxy groups -OCH3 is 1. The Morgan fingerprint density at radius 2 is 1.96 bits per heavy atom. The lowest BCUT2D eigenvalue weighted by molar-refractivity contribution is -0.139. The second-order valence-electron chi connectivity index (χ2n) is 5.76. The van der Waals surface area contributed by atoms with Crippen molar-refractivity contribution in [3.05, 3.63) is 69.9 Å². The molecule has 0 radical (unpaired) electrons. The van der Waals surface area contributed by atoms with Gasteiger partial charge in [-0.1, -0.05) is 27.5 Å². The van der Waals surface area contributed by atoms with Crippen molar-refractivity contribution in [1.82, 2.24) is 9.78 Å². The molecule has 0 spiro atoms. The minimum absolute atomic E-state index is 0.0191. The molecule has 2 aromatic carbocycles. The van der Waals surface area contributed by atoms with Crippen LogP contribution >= 0.6 is 27.5 Å². The molecule has 3 rings (SSSR count). The summed E-state index contributed by atoms with van der Waals surface area (Å²) in [5, 5.41) is 4.66. The SMILES string of the molecule is COC(=O)Cc1cc(Br)ccc1NS(=O)(=O)c1cnn(-c2ccc(Cl)cc2)c1. The van der Waals surface area contributed by atoms with Crippen LogP contribution < -0.4 is 4.72 Å². The lowest BCUT2D eigenvalue weighted by Crippen LogP contribution is -2.15. The molecule has 7 nitrogen and oxygen atoms in total. The van der Waals surface area contributed by atoms with Crippen molar-refractivity contribution in [2.24, 2.45) is 0 Å². The number of carbonyl (C=O) groups excluding carboxylic acids is 1. The molecule has 28 heavy (non-hydrogen) atoms. The van der Waals surface area contributed by atoms with E-state index in [9.17, 15) is 13.2 Å². The maximum atomic E-state index is 12.8. The summed E-state index contributed by atoms with van der Waals surface area (Å²) in [4.78, 5) is 11.6. The Bertz CT molecular complexity index is 1110. The fourth-order valence-corrected chi connectivity index (χ4v) is 3.99. The summed E-state index contributed by atoms with van der Waals surface area (Å²) >= 11 is 9.18. The van der Waals surface area contributed by atoms with E-state index in [2.05, 4.69) is 30.5 Å². The van der Waals surface area contributed by atoms with Gasteiger partial charge in [0.25, 0.3) is 10.0 Å². The van der Waals surface area contributed by atoms with Gasteiger partial charge < -0.3 is 4.74 Å². The second-order valence-corrected chi connectivity index (χ2v) is 8.79. The van der Waals surface area contributed by atoms with Gasteiger partial charge >= 0.3 is 5.97 Å². The predicted octanol–water partition coefficient (Wildman–Crippen LogP) is 3.80. The first kappa shape index (κ1) is 20.4. The van der Waals surface area contributed by atoms with E-state index in [0.29, 0.717) is 20.7 Å². The number of sulfonamides is 1. The van der Waals surface area contributed by atoms with Crippen LogP contribution in [0.1, 0.15) is 5.56 Å². The Morgan fingerprint density at radius 1 is 1.25 bits per heavy atom. The average molecular weight is 485 g/mol. The molecule has 0 saturated carbocycles. The Hall–Kier alpha value is -2.36. The van der Waals surface area contributed by atoms with Crippen LogP contribution in [0.3, 0.4) is 0 Å². The highest BCUT2D eigenvalue weighted by atomic mass is 79.9. The summed E-state index contributed by atoms with van der Waals surface area (Å²) in [6.07, 6.45) is 2.57. The summed E-state index contributed by atoms with van der Waals surface area (Å²) in [6, 6.07) is 11.7. The zero-order chi connectivity index (χ0) is 20.3. The lowest BCUT2D eigenvalue weighted by Gasteiger charge is -2.12. The van der Waals surface area contributed by atoms with E-state index in [1.165, 1.54) is 24.2 Å². The van der Waals surface area contributed by atoms with Crippen LogP contribution in [-0.4, -0.2) is 31.3 Å². The first-order valence-electron chi connectivity index (χ1n) is 7.97. The Kier molecular flexibility index (Phi) is 6.07. The topological polar surface area (TPSA) is 90.3 Å². The number of esters is 1. The molecular formula is C18H15BrClN3O4S. The number of hydrogen-bond donors (Lipinski definition) is 1. The highest BCUT2D eigenvalue weighted by Crippen LogP contribution is 2.25. The van der Waals surface area contributed by atoms with E-state index < -0.39 is 16.0 Å². The minimum atomic E-state index is -3.91. The van der Waals surface area contributed by atoms with Gasteiger partial charge in [-0.2, -0.15) is 5.10 Å². The van der Waals surface area contributed by atoms with E-state index in [1.54, 1.807) is 42.5 Å². The quantitative estimate of drug-likeness (QED) is 0.537. The van der Waals surface area contributed by atoms with Gasteiger partial charge in [0.2, 0.25) is 0 Å². The number of anilines is 1. The van der Waals surface area contributed by atoms with Crippen LogP contribution in [0, 0.1) is 0 Å². The minimum Gasteiger partial charge on any atom is -0.469 e. The molecule has 0 bridgehead atoms. The zero-order valence-corrected chi connectivity index (χ0v) is 17.8. The third-order valence-electron chi connectivity index (χ3n) is 3.83. The van der Waals surface area contributed by atoms with Gasteiger partial charge in [0, 0.05) is 9.50 Å². The number of nitrogens with zero attached hydrogens (tertiary/aromatic N) is 2. The fraction of sp³-hybridized carbons (Fsp3) is 0.111. The van der Waals surface area contributed by atoms with Crippen molar-refractivity contribution in [2.45, 2.75) is 11.3 Å². The predicted molar refractivity (Wildman–Crippen MR) is 109 cm³/mol. The van der Waals surface area contributed by atoms with Crippen LogP contribution in [0.5, 0.6) is 0 Å². The molecule has 3 aromatic rings. The Labute approximate surface area is 175 Å². The standard InChI is InChI=1S/C18H15BrClN3O4S/c1-27-18(24)9-12-8-13(19)2-7-17(12)22-28(25,26)16-10-21-23(11-16)15-5-3-14(20)4-6-15/h2-8,10-11,22H,9H2,1H3. The summed E-state index contributed by atoms with van der Waals surface area (Å²) in [5.41, 5.74) is 1.43. The molecule has 10 heteroatoms. The molecule has 0 saturated heterocycles. The molecule has 0 fully saturated rings. The molecule has 1 heterocycles. The molecule has 0 atom stereocenters. The van der Waals surface area contributed by atoms with Gasteiger partial charge in [-0.25, -0.2) is 13.1 Å². The first-order chi connectivity index (χ1) is 13.3. The van der Waals surface area contributed by atoms with Crippen LogP contribution in [0.4, 0.5) is 5.69 Å². The van der Waals surface area contributed by atoms with Crippen LogP contribution in [0.25, 0.3) is 5.69 Å². The van der Waals surface area contributed by atoms with Crippen molar-refractivity contribution < 1.29 is 17.9 Å². The molecule has 146 valence electrons. The summed E-state index contributed by atoms with van der Waals surface area (Å²) < 4.78 is 34.9. The third kappa shape index (κ3) is 4.73. The molecule has 0 aliphatic carbocycles. The molecule has 0 unspecified atom stereocenters. The number of aromatic nitrogens is 2. The van der Waals surface area contributed by atoms with Crippen molar-refractivity contribution in [3.8, 4) is 5.69 Å². The maximum Gasteiger partial charge on any atom is 0.310 e. The number of hydrogen-bond acceptors (Lipinski definition) is 5. The number of halogens is 2. The van der Waals surface area contributed by atoms with Gasteiger partial charge in [0.1, 0.15) is 4.90 Å². The Morgan fingerprint density at radius 3 is 2.64 bits per heavy atom. The highest BCUT2D eigenvalue weighted by Gasteiger charge is 2.20. The summed E-state index contributed by atoms with van der Waals surface area (Å²) in [6.45, 7) is 0. The summed E-state index contributed by atoms with van der Waals surface area (Å²) in [7, 11) is -2.64. The van der Waals surface area contributed by atoms with E-state index in [1.807, 2.05) is 0 Å². The van der Waals surface area contributed by atoms with Gasteiger partial charge in [-0.3, -0.25) is 9.52 Å². The van der Waals surface area contributed by atoms with Crippen molar-refractivity contribution in [1.29, 1.82) is 0 Å². The van der Waals surface area contributed by atoms with Crippen molar-refractivity contribution >= 4 is 49.2 Å². The van der Waals surface area contributed by atoms with Gasteiger partial charge in [0.15, 0.2) is 0 Å². The molecular weight excluding hydrogens is 470 g/mol. The van der Waals surface area contributed by atoms with Crippen molar-refractivity contribution in [3.63, 3.8) is 0 Å². The van der Waals surface area contributed by atoms with E-state index in [0.717, 1.165) is 0 Å². The normalized spacial score (nSPS) is 11.2. The number of benzene rings is 2. The fourth-order valence-electron chi connectivity index (χ4n) is 2.42. The van der Waals surface area contributed by atoms with Crippen molar-refractivity contribution in [2.75, 3.05) is 11.8 Å². The molecule has 1 N–H and O–H groups in total. The molecule has 0 amide bonds. The Balaban J connectivity index is 1.89. The van der Waals surface area contributed by atoms with Gasteiger partial charge in [-0.15, -0.1) is 0 Å². The monoisotopic (exact) mass is 483 g/mol.